The second kappa shape index (κ2) is 4.19. The molecular weight excluding hydrogens is 216 g/mol. The van der Waals surface area contributed by atoms with Crippen LogP contribution >= 0.6 is 0 Å². The summed E-state index contributed by atoms with van der Waals surface area (Å²) in [5.41, 5.74) is 0.359. The summed E-state index contributed by atoms with van der Waals surface area (Å²) in [5.74, 6) is -2.84. The van der Waals surface area contributed by atoms with Crippen LogP contribution in [0.15, 0.2) is 12.3 Å². The molecule has 0 atom stereocenters. The smallest absolute Gasteiger partial charge is 0.269 e. The molecule has 1 heterocycles. The zero-order valence-corrected chi connectivity index (χ0v) is 8.67. The second-order valence-corrected chi connectivity index (χ2v) is 4.07. The topological polar surface area (TPSA) is 57.8 Å². The van der Waals surface area contributed by atoms with Gasteiger partial charge in [0.1, 0.15) is 5.69 Å². The summed E-state index contributed by atoms with van der Waals surface area (Å²) in [5, 5.41) is 8.90. The highest BCUT2D eigenvalue weighted by Gasteiger charge is 2.35. The van der Waals surface area contributed by atoms with Gasteiger partial charge in [0, 0.05) is 25.1 Å². The number of nitrogens with one attached hydrogen (secondary N) is 2. The molecule has 1 aliphatic carbocycles. The van der Waals surface area contributed by atoms with E-state index >= 15 is 0 Å². The average molecular weight is 229 g/mol. The fourth-order valence-corrected chi connectivity index (χ4v) is 1.83. The van der Waals surface area contributed by atoms with E-state index in [4.69, 9.17) is 0 Å². The van der Waals surface area contributed by atoms with E-state index in [0.717, 1.165) is 0 Å². The van der Waals surface area contributed by atoms with Gasteiger partial charge in [-0.2, -0.15) is 5.10 Å². The summed E-state index contributed by atoms with van der Waals surface area (Å²) in [6, 6.07) is 1.39. The molecule has 0 aliphatic heterocycles. The molecule has 1 amide bonds. The van der Waals surface area contributed by atoms with E-state index in [0.29, 0.717) is 18.5 Å². The second-order valence-electron chi connectivity index (χ2n) is 4.07. The van der Waals surface area contributed by atoms with Crippen molar-refractivity contribution >= 4 is 5.91 Å². The lowest BCUT2D eigenvalue weighted by atomic mass is 9.92. The lowest BCUT2D eigenvalue weighted by Gasteiger charge is -2.28. The van der Waals surface area contributed by atoms with Gasteiger partial charge >= 0.3 is 0 Å². The molecule has 1 aliphatic rings. The van der Waals surface area contributed by atoms with Crippen molar-refractivity contribution in [3.63, 3.8) is 0 Å². The number of hydrogen-bond donors (Lipinski definition) is 2. The molecule has 0 aromatic carbocycles. The predicted octanol–water partition coefficient (Wildman–Crippen LogP) is 1.72. The van der Waals surface area contributed by atoms with Crippen molar-refractivity contribution in [3.8, 4) is 0 Å². The molecule has 1 saturated carbocycles. The Labute approximate surface area is 91.4 Å². The Bertz CT molecular complexity index is 354. The summed E-state index contributed by atoms with van der Waals surface area (Å²) in [6.07, 6.45) is 1.82. The molecule has 1 aromatic heterocycles. The van der Waals surface area contributed by atoms with Crippen LogP contribution in [0.4, 0.5) is 8.78 Å². The van der Waals surface area contributed by atoms with Gasteiger partial charge in [-0.3, -0.25) is 9.89 Å². The minimum atomic E-state index is -2.56. The molecule has 0 saturated heterocycles. The number of nitrogens with zero attached hydrogens (tertiary/aromatic N) is 1. The summed E-state index contributed by atoms with van der Waals surface area (Å²) >= 11 is 0. The summed E-state index contributed by atoms with van der Waals surface area (Å²) in [7, 11) is 0. The number of aromatic nitrogens is 2. The summed E-state index contributed by atoms with van der Waals surface area (Å²) < 4.78 is 25.7. The lowest BCUT2D eigenvalue weighted by Crippen LogP contribution is -2.40. The minimum Gasteiger partial charge on any atom is -0.348 e. The molecule has 88 valence electrons. The highest BCUT2D eigenvalue weighted by Crippen LogP contribution is 2.32. The van der Waals surface area contributed by atoms with Crippen molar-refractivity contribution in [1.29, 1.82) is 0 Å². The van der Waals surface area contributed by atoms with Gasteiger partial charge in [-0.15, -0.1) is 0 Å². The lowest BCUT2D eigenvalue weighted by molar-refractivity contribution is -0.0399. The van der Waals surface area contributed by atoms with E-state index in [1.165, 1.54) is 6.20 Å². The first-order valence-electron chi connectivity index (χ1n) is 5.25. The molecule has 2 N–H and O–H groups in total. The van der Waals surface area contributed by atoms with Crippen molar-refractivity contribution in [1.82, 2.24) is 15.5 Å². The van der Waals surface area contributed by atoms with Gasteiger partial charge in [-0.25, -0.2) is 8.78 Å². The number of halogens is 2. The molecule has 2 rings (SSSR count). The van der Waals surface area contributed by atoms with Crippen molar-refractivity contribution in [2.75, 3.05) is 0 Å². The van der Waals surface area contributed by atoms with Gasteiger partial charge in [0.15, 0.2) is 0 Å². The van der Waals surface area contributed by atoms with Crippen LogP contribution in [0.2, 0.25) is 0 Å². The highest BCUT2D eigenvalue weighted by molar-refractivity contribution is 5.92. The van der Waals surface area contributed by atoms with E-state index in [9.17, 15) is 13.6 Å². The molecule has 6 heteroatoms. The fourth-order valence-electron chi connectivity index (χ4n) is 1.83. The van der Waals surface area contributed by atoms with Crippen molar-refractivity contribution in [2.24, 2.45) is 0 Å². The van der Waals surface area contributed by atoms with Gasteiger partial charge < -0.3 is 5.32 Å². The molecule has 0 spiro atoms. The summed E-state index contributed by atoms with van der Waals surface area (Å²) in [4.78, 5) is 11.6. The number of hydrogen-bond acceptors (Lipinski definition) is 2. The number of rotatable bonds is 2. The maximum absolute atomic E-state index is 12.9. The first-order valence-corrected chi connectivity index (χ1v) is 5.25. The van der Waals surface area contributed by atoms with Crippen molar-refractivity contribution in [2.45, 2.75) is 37.6 Å². The minimum absolute atomic E-state index is 0.152. The van der Waals surface area contributed by atoms with Crippen LogP contribution < -0.4 is 5.32 Å². The Morgan fingerprint density at radius 2 is 2.19 bits per heavy atom. The van der Waals surface area contributed by atoms with Crippen molar-refractivity contribution < 1.29 is 13.6 Å². The monoisotopic (exact) mass is 229 g/mol. The number of H-pyrrole nitrogens is 1. The first-order chi connectivity index (χ1) is 7.57. The van der Waals surface area contributed by atoms with E-state index < -0.39 is 5.92 Å². The van der Waals surface area contributed by atoms with Crippen LogP contribution in [0.5, 0.6) is 0 Å². The molecule has 0 radical (unpaired) electrons. The van der Waals surface area contributed by atoms with E-state index in [1.807, 2.05) is 0 Å². The molecule has 0 unspecified atom stereocenters. The van der Waals surface area contributed by atoms with Gasteiger partial charge in [0.2, 0.25) is 5.92 Å². The number of amides is 1. The SMILES string of the molecule is O=C(NC1CCC(F)(F)CC1)c1ccn[nH]1. The molecule has 1 aromatic rings. The number of alkyl halides is 2. The van der Waals surface area contributed by atoms with Gasteiger partial charge in [-0.05, 0) is 18.9 Å². The molecular formula is C10H13F2N3O. The maximum atomic E-state index is 12.9. The van der Waals surface area contributed by atoms with Crippen LogP contribution in [0.3, 0.4) is 0 Å². The van der Waals surface area contributed by atoms with E-state index in [-0.39, 0.29) is 24.8 Å². The maximum Gasteiger partial charge on any atom is 0.269 e. The van der Waals surface area contributed by atoms with Gasteiger partial charge in [-0.1, -0.05) is 0 Å². The van der Waals surface area contributed by atoms with Crippen LogP contribution in [0.25, 0.3) is 0 Å². The Hall–Kier alpha value is -1.46. The quantitative estimate of drug-likeness (QED) is 0.811. The van der Waals surface area contributed by atoms with Crippen LogP contribution in [0.1, 0.15) is 36.2 Å². The third-order valence-corrected chi connectivity index (χ3v) is 2.80. The molecule has 0 bridgehead atoms. The third-order valence-electron chi connectivity index (χ3n) is 2.80. The standard InChI is InChI=1S/C10H13F2N3O/c11-10(12)4-1-7(2-5-10)14-9(16)8-3-6-13-15-8/h3,6-7H,1-2,4-5H2,(H,13,15)(H,14,16). The number of aromatic amines is 1. The van der Waals surface area contributed by atoms with Crippen LogP contribution in [0, 0.1) is 0 Å². The Kier molecular flexibility index (Phi) is 2.89. The first kappa shape index (κ1) is 11.0. The molecule has 1 fully saturated rings. The highest BCUT2D eigenvalue weighted by atomic mass is 19.3. The van der Waals surface area contributed by atoms with Gasteiger partial charge in [0.25, 0.3) is 5.91 Å². The van der Waals surface area contributed by atoms with E-state index in [1.54, 1.807) is 6.07 Å². The Balaban J connectivity index is 1.85. The predicted molar refractivity (Wildman–Crippen MR) is 53.3 cm³/mol. The number of carbonyl (C=O) groups excluding carboxylic acids is 1. The summed E-state index contributed by atoms with van der Waals surface area (Å²) in [6.45, 7) is 0. The molecule has 16 heavy (non-hydrogen) atoms. The zero-order chi connectivity index (χ0) is 11.6. The third kappa shape index (κ3) is 2.56. The molecule has 4 nitrogen and oxygen atoms in total. The average Bonchev–Trinajstić information content (AvgIpc) is 2.74. The van der Waals surface area contributed by atoms with Gasteiger partial charge in [0.05, 0.1) is 0 Å². The fraction of sp³-hybridized carbons (Fsp3) is 0.600. The normalized spacial score (nSPS) is 20.6. The number of carbonyl (C=O) groups is 1. The Morgan fingerprint density at radius 3 is 2.75 bits per heavy atom. The largest absolute Gasteiger partial charge is 0.348 e. The van der Waals surface area contributed by atoms with Crippen LogP contribution in [-0.4, -0.2) is 28.1 Å². The Morgan fingerprint density at radius 1 is 1.50 bits per heavy atom. The van der Waals surface area contributed by atoms with E-state index in [2.05, 4.69) is 15.5 Å². The zero-order valence-electron chi connectivity index (χ0n) is 8.67. The van der Waals surface area contributed by atoms with Crippen molar-refractivity contribution in [3.05, 3.63) is 18.0 Å². The van der Waals surface area contributed by atoms with Crippen LogP contribution in [-0.2, 0) is 0 Å².